The fourth-order valence-electron chi connectivity index (χ4n) is 7.81. The average Bonchev–Trinajstić information content (AvgIpc) is 3.72. The molecule has 0 aliphatic rings. The molecule has 0 fully saturated rings. The van der Waals surface area contributed by atoms with Crippen molar-refractivity contribution in [2.45, 2.75) is 6.92 Å². The molecule has 0 spiro atoms. The summed E-state index contributed by atoms with van der Waals surface area (Å²) in [5, 5.41) is 6.98. The Morgan fingerprint density at radius 1 is 0.460 bits per heavy atom. The number of benzene rings is 8. The Morgan fingerprint density at radius 3 is 1.90 bits per heavy atom. The fourth-order valence-corrected chi connectivity index (χ4v) is 7.81. The number of hydrogen-bond acceptors (Lipinski definition) is 2. The Hall–Kier alpha value is -6.58. The minimum absolute atomic E-state index is 0.912. The van der Waals surface area contributed by atoms with Crippen LogP contribution in [0.3, 0.4) is 0 Å². The van der Waals surface area contributed by atoms with Crippen molar-refractivity contribution in [3.05, 3.63) is 181 Å². The minimum atomic E-state index is 0.912. The smallest absolute Gasteiger partial charge is 0.143 e. The van der Waals surface area contributed by atoms with E-state index in [1.165, 1.54) is 33.0 Å². The molecular formula is C47H32N2O. The van der Waals surface area contributed by atoms with E-state index in [9.17, 15) is 0 Å². The van der Waals surface area contributed by atoms with Crippen LogP contribution in [0.2, 0.25) is 0 Å². The summed E-state index contributed by atoms with van der Waals surface area (Å²) >= 11 is 0. The van der Waals surface area contributed by atoms with Gasteiger partial charge in [-0.2, -0.15) is 0 Å². The summed E-state index contributed by atoms with van der Waals surface area (Å²) in [5.74, 6) is 0. The van der Waals surface area contributed by atoms with Crippen molar-refractivity contribution in [3.8, 4) is 16.8 Å². The maximum Gasteiger partial charge on any atom is 0.143 e. The van der Waals surface area contributed by atoms with Gasteiger partial charge in [-0.15, -0.1) is 0 Å². The van der Waals surface area contributed by atoms with Crippen molar-refractivity contribution in [3.63, 3.8) is 0 Å². The molecule has 3 heteroatoms. The third-order valence-corrected chi connectivity index (χ3v) is 10.1. The Labute approximate surface area is 289 Å². The van der Waals surface area contributed by atoms with Crippen LogP contribution >= 0.6 is 0 Å². The van der Waals surface area contributed by atoms with Gasteiger partial charge < -0.3 is 13.9 Å². The van der Waals surface area contributed by atoms with Gasteiger partial charge in [0.25, 0.3) is 0 Å². The van der Waals surface area contributed by atoms with Gasteiger partial charge in [0.05, 0.1) is 16.7 Å². The van der Waals surface area contributed by atoms with Crippen molar-refractivity contribution >= 4 is 71.6 Å². The first-order valence-corrected chi connectivity index (χ1v) is 17.1. The van der Waals surface area contributed by atoms with Gasteiger partial charge in [-0.05, 0) is 78.2 Å². The second kappa shape index (κ2) is 11.3. The first kappa shape index (κ1) is 28.4. The summed E-state index contributed by atoms with van der Waals surface area (Å²) in [6.07, 6.45) is 0. The van der Waals surface area contributed by atoms with Crippen LogP contribution in [0.15, 0.2) is 180 Å². The molecule has 10 aromatic rings. The number of rotatable bonds is 5. The quantitative estimate of drug-likeness (QED) is 0.187. The molecule has 2 aromatic heterocycles. The van der Waals surface area contributed by atoms with Gasteiger partial charge in [-0.25, -0.2) is 0 Å². The Balaban J connectivity index is 1.28. The topological polar surface area (TPSA) is 21.3 Å². The van der Waals surface area contributed by atoms with Crippen LogP contribution in [0.25, 0.3) is 71.3 Å². The van der Waals surface area contributed by atoms with Crippen LogP contribution in [-0.2, 0) is 0 Å². The molecular weight excluding hydrogens is 609 g/mol. The first-order chi connectivity index (χ1) is 24.7. The summed E-state index contributed by atoms with van der Waals surface area (Å²) < 4.78 is 8.98. The van der Waals surface area contributed by atoms with Gasteiger partial charge in [0.2, 0.25) is 0 Å². The Morgan fingerprint density at radius 2 is 1.10 bits per heavy atom. The highest BCUT2D eigenvalue weighted by Gasteiger charge is 2.22. The fraction of sp³-hybridized carbons (Fsp3) is 0.0213. The van der Waals surface area contributed by atoms with Crippen LogP contribution in [0, 0.1) is 6.92 Å². The van der Waals surface area contributed by atoms with Gasteiger partial charge >= 0.3 is 0 Å². The average molecular weight is 641 g/mol. The number of para-hydroxylation sites is 2. The SMILES string of the molecule is Cc1cccc2oc3c4ccccc4c(N(c4ccc(-c5ccccc5)cc4)c4ccc5c6ccccc6n(-c6ccccc6)c5c4)cc3c12. The molecule has 0 amide bonds. The number of hydrogen-bond donors (Lipinski definition) is 0. The maximum absolute atomic E-state index is 6.59. The molecule has 0 bridgehead atoms. The van der Waals surface area contributed by atoms with Crippen molar-refractivity contribution in [1.29, 1.82) is 0 Å². The number of anilines is 3. The molecule has 0 saturated heterocycles. The summed E-state index contributed by atoms with van der Waals surface area (Å²) in [6, 6.07) is 63.1. The second-order valence-corrected chi connectivity index (χ2v) is 13.0. The first-order valence-electron chi connectivity index (χ1n) is 17.1. The van der Waals surface area contributed by atoms with E-state index in [0.717, 1.165) is 61.0 Å². The molecule has 0 aliphatic carbocycles. The molecule has 3 nitrogen and oxygen atoms in total. The zero-order chi connectivity index (χ0) is 33.2. The van der Waals surface area contributed by atoms with Crippen LogP contribution in [0.1, 0.15) is 5.56 Å². The molecule has 8 aromatic carbocycles. The highest BCUT2D eigenvalue weighted by atomic mass is 16.3. The predicted octanol–water partition coefficient (Wildman–Crippen LogP) is 13.3. The summed E-state index contributed by atoms with van der Waals surface area (Å²) in [6.45, 7) is 2.17. The minimum Gasteiger partial charge on any atom is -0.455 e. The molecule has 2 heterocycles. The van der Waals surface area contributed by atoms with E-state index in [2.05, 4.69) is 192 Å². The Bertz CT molecular complexity index is 2860. The number of nitrogens with zero attached hydrogens (tertiary/aromatic N) is 2. The van der Waals surface area contributed by atoms with E-state index in [1.807, 2.05) is 0 Å². The van der Waals surface area contributed by atoms with Crippen LogP contribution in [0.4, 0.5) is 17.1 Å². The molecule has 0 atom stereocenters. The maximum atomic E-state index is 6.59. The van der Waals surface area contributed by atoms with E-state index in [-0.39, 0.29) is 0 Å². The molecule has 0 N–H and O–H groups in total. The Kier molecular flexibility index (Phi) is 6.40. The predicted molar refractivity (Wildman–Crippen MR) is 210 cm³/mol. The number of furan rings is 1. The zero-order valence-corrected chi connectivity index (χ0v) is 27.5. The van der Waals surface area contributed by atoms with Crippen LogP contribution in [0.5, 0.6) is 0 Å². The molecule has 0 aliphatic heterocycles. The van der Waals surface area contributed by atoms with E-state index in [0.29, 0.717) is 0 Å². The number of aryl methyl sites for hydroxylation is 1. The normalized spacial score (nSPS) is 11.7. The van der Waals surface area contributed by atoms with Crippen LogP contribution < -0.4 is 4.90 Å². The lowest BCUT2D eigenvalue weighted by atomic mass is 10.00. The van der Waals surface area contributed by atoms with Gasteiger partial charge in [-0.1, -0.05) is 121 Å². The van der Waals surface area contributed by atoms with Crippen LogP contribution in [-0.4, -0.2) is 4.57 Å². The van der Waals surface area contributed by atoms with E-state index in [1.54, 1.807) is 0 Å². The van der Waals surface area contributed by atoms with Gasteiger partial charge in [0, 0.05) is 49.4 Å². The van der Waals surface area contributed by atoms with E-state index in [4.69, 9.17) is 4.42 Å². The number of aromatic nitrogens is 1. The standard InChI is InChI=1S/C47H32N2O/c1-31-13-12-22-45-46(31)41-30-44(38-19-8-9-20-40(38)47(41)50-45)48(35-25-23-33(24-26-35)32-14-4-2-5-15-32)36-27-28-39-37-18-10-11-21-42(37)49(43(39)29-36)34-16-6-3-7-17-34/h2-30H,1H3. The lowest BCUT2D eigenvalue weighted by Gasteiger charge is -2.27. The van der Waals surface area contributed by atoms with Crippen molar-refractivity contribution in [2.24, 2.45) is 0 Å². The van der Waals surface area contributed by atoms with E-state index < -0.39 is 0 Å². The zero-order valence-electron chi connectivity index (χ0n) is 27.5. The molecule has 0 saturated carbocycles. The molecule has 0 unspecified atom stereocenters. The number of fused-ring (bicyclic) bond motifs is 8. The van der Waals surface area contributed by atoms with Crippen molar-refractivity contribution in [2.75, 3.05) is 4.90 Å². The third-order valence-electron chi connectivity index (χ3n) is 10.1. The third kappa shape index (κ3) is 4.37. The van der Waals surface area contributed by atoms with Crippen molar-refractivity contribution < 1.29 is 4.42 Å². The van der Waals surface area contributed by atoms with Crippen molar-refractivity contribution in [1.82, 2.24) is 4.57 Å². The largest absolute Gasteiger partial charge is 0.455 e. The van der Waals surface area contributed by atoms with Gasteiger partial charge in [0.15, 0.2) is 0 Å². The molecule has 50 heavy (non-hydrogen) atoms. The summed E-state index contributed by atoms with van der Waals surface area (Å²) in [7, 11) is 0. The van der Waals surface area contributed by atoms with Gasteiger partial charge in [0.1, 0.15) is 11.2 Å². The monoisotopic (exact) mass is 640 g/mol. The van der Waals surface area contributed by atoms with E-state index >= 15 is 0 Å². The highest BCUT2D eigenvalue weighted by molar-refractivity contribution is 6.20. The summed E-state index contributed by atoms with van der Waals surface area (Å²) in [4.78, 5) is 2.42. The lowest BCUT2D eigenvalue weighted by molar-refractivity contribution is 0.672. The molecule has 236 valence electrons. The second-order valence-electron chi connectivity index (χ2n) is 13.0. The highest BCUT2D eigenvalue weighted by Crippen LogP contribution is 2.46. The molecule has 10 rings (SSSR count). The van der Waals surface area contributed by atoms with Gasteiger partial charge in [-0.3, -0.25) is 0 Å². The lowest BCUT2D eigenvalue weighted by Crippen LogP contribution is -2.11. The summed E-state index contributed by atoms with van der Waals surface area (Å²) in [5.41, 5.74) is 12.2. The molecule has 0 radical (unpaired) electrons.